The molecule has 26 heavy (non-hydrogen) atoms. The molecule has 5 fully saturated rings. The van der Waals surface area contributed by atoms with E-state index in [0.29, 0.717) is 11.8 Å². The first kappa shape index (κ1) is 17.7. The van der Waals surface area contributed by atoms with Gasteiger partial charge in [-0.05, 0) is 55.8 Å². The van der Waals surface area contributed by atoms with E-state index in [1.165, 1.54) is 32.4 Å². The van der Waals surface area contributed by atoms with Crippen molar-refractivity contribution in [2.45, 2.75) is 36.9 Å². The van der Waals surface area contributed by atoms with Gasteiger partial charge in [0.05, 0.1) is 31.1 Å². The van der Waals surface area contributed by atoms with Crippen LogP contribution >= 0.6 is 11.8 Å². The molecule has 0 N–H and O–H groups in total. The predicted octanol–water partition coefficient (Wildman–Crippen LogP) is 2.29. The second-order valence-electron chi connectivity index (χ2n) is 8.25. The van der Waals surface area contributed by atoms with Gasteiger partial charge in [-0.2, -0.15) is 10.5 Å². The van der Waals surface area contributed by atoms with Gasteiger partial charge in [0.15, 0.2) is 10.8 Å². The summed E-state index contributed by atoms with van der Waals surface area (Å²) < 4.78 is 9.27. The number of hydrogen-bond acceptors (Lipinski definition) is 7. The Morgan fingerprint density at radius 2 is 1.46 bits per heavy atom. The van der Waals surface area contributed by atoms with Gasteiger partial charge in [0.25, 0.3) is 0 Å². The van der Waals surface area contributed by atoms with E-state index in [1.807, 2.05) is 6.07 Å². The number of nitriles is 2. The minimum Gasteiger partial charge on any atom is -0.468 e. The molecule has 5 aliphatic rings. The van der Waals surface area contributed by atoms with E-state index < -0.39 is 27.5 Å². The van der Waals surface area contributed by atoms with Crippen molar-refractivity contribution in [3.05, 3.63) is 0 Å². The highest BCUT2D eigenvalue weighted by Crippen LogP contribution is 2.75. The van der Waals surface area contributed by atoms with Crippen LogP contribution in [0, 0.1) is 57.2 Å². The summed E-state index contributed by atoms with van der Waals surface area (Å²) in [5, 5.41) is 20.4. The van der Waals surface area contributed by atoms with Crippen LogP contribution in [0.25, 0.3) is 0 Å². The first-order valence-corrected chi connectivity index (χ1v) is 10.1. The maximum Gasteiger partial charge on any atom is 0.330 e. The third-order valence-electron chi connectivity index (χ3n) is 7.49. The van der Waals surface area contributed by atoms with Gasteiger partial charge in [0.1, 0.15) is 0 Å². The number of ether oxygens (including phenoxy) is 2. The van der Waals surface area contributed by atoms with Crippen molar-refractivity contribution in [1.82, 2.24) is 0 Å². The molecular weight excluding hydrogens is 352 g/mol. The predicted molar refractivity (Wildman–Crippen MR) is 92.4 cm³/mol. The number of carbonyl (C=O) groups excluding carboxylic acids is 2. The van der Waals surface area contributed by atoms with Crippen LogP contribution in [0.3, 0.4) is 0 Å². The molecule has 7 heteroatoms. The Bertz CT molecular complexity index is 726. The Labute approximate surface area is 157 Å². The Balaban J connectivity index is 1.97. The maximum atomic E-state index is 13.1. The SMILES string of the molecule is COC(=O)[C@@]1(C#N)C2(SC[C@]1(C#N)C(=O)OC)C1CC3CC(C1)CC2C3. The largest absolute Gasteiger partial charge is 0.468 e. The molecule has 1 aliphatic heterocycles. The van der Waals surface area contributed by atoms with E-state index in [-0.39, 0.29) is 17.6 Å². The van der Waals surface area contributed by atoms with E-state index in [4.69, 9.17) is 9.47 Å². The zero-order chi connectivity index (χ0) is 18.7. The van der Waals surface area contributed by atoms with Gasteiger partial charge in [-0.1, -0.05) is 0 Å². The van der Waals surface area contributed by atoms with Gasteiger partial charge in [-0.3, -0.25) is 9.59 Å². The molecule has 0 aromatic rings. The van der Waals surface area contributed by atoms with Crippen LogP contribution in [0.2, 0.25) is 0 Å². The molecule has 0 radical (unpaired) electrons. The average Bonchev–Trinajstić information content (AvgIpc) is 2.97. The van der Waals surface area contributed by atoms with E-state index >= 15 is 0 Å². The van der Waals surface area contributed by atoms with Crippen molar-refractivity contribution in [3.8, 4) is 12.1 Å². The summed E-state index contributed by atoms with van der Waals surface area (Å²) in [6.07, 6.45) is 5.07. The molecule has 0 aromatic heterocycles. The number of esters is 2. The lowest BCUT2D eigenvalue weighted by Crippen LogP contribution is -2.68. The molecule has 6 nitrogen and oxygen atoms in total. The Hall–Kier alpha value is -1.73. The van der Waals surface area contributed by atoms with Crippen LogP contribution in [-0.4, -0.2) is 36.7 Å². The van der Waals surface area contributed by atoms with Gasteiger partial charge in [0, 0.05) is 5.75 Å². The summed E-state index contributed by atoms with van der Waals surface area (Å²) in [6, 6.07) is 4.24. The van der Waals surface area contributed by atoms with Crippen molar-refractivity contribution >= 4 is 23.7 Å². The third-order valence-corrected chi connectivity index (χ3v) is 9.52. The zero-order valence-corrected chi connectivity index (χ0v) is 15.8. The highest BCUT2D eigenvalue weighted by atomic mass is 32.2. The van der Waals surface area contributed by atoms with Gasteiger partial charge in [-0.15, -0.1) is 11.8 Å². The van der Waals surface area contributed by atoms with Crippen LogP contribution in [0.15, 0.2) is 0 Å². The Morgan fingerprint density at radius 1 is 0.923 bits per heavy atom. The minimum absolute atomic E-state index is 0.0984. The van der Waals surface area contributed by atoms with E-state index in [2.05, 4.69) is 6.07 Å². The summed E-state index contributed by atoms with van der Waals surface area (Å²) in [5.74, 6) is 0.113. The van der Waals surface area contributed by atoms with Crippen molar-refractivity contribution < 1.29 is 19.1 Å². The lowest BCUT2D eigenvalue weighted by molar-refractivity contribution is -0.176. The number of hydrogen-bond donors (Lipinski definition) is 0. The highest BCUT2D eigenvalue weighted by molar-refractivity contribution is 8.01. The van der Waals surface area contributed by atoms with E-state index in [1.54, 1.807) is 0 Å². The van der Waals surface area contributed by atoms with Gasteiger partial charge in [-0.25, -0.2) is 0 Å². The molecule has 0 unspecified atom stereocenters. The number of thioether (sulfide) groups is 1. The van der Waals surface area contributed by atoms with Gasteiger partial charge >= 0.3 is 11.9 Å². The molecule has 138 valence electrons. The maximum absolute atomic E-state index is 13.1. The van der Waals surface area contributed by atoms with Gasteiger partial charge < -0.3 is 9.47 Å². The molecule has 2 atom stereocenters. The van der Waals surface area contributed by atoms with Crippen LogP contribution in [0.5, 0.6) is 0 Å². The Kier molecular flexibility index (Phi) is 3.83. The van der Waals surface area contributed by atoms with Crippen molar-refractivity contribution in [3.63, 3.8) is 0 Å². The smallest absolute Gasteiger partial charge is 0.330 e. The molecule has 4 aliphatic carbocycles. The fourth-order valence-electron chi connectivity index (χ4n) is 6.77. The monoisotopic (exact) mass is 374 g/mol. The lowest BCUT2D eigenvalue weighted by atomic mass is 9.42. The first-order chi connectivity index (χ1) is 12.5. The topological polar surface area (TPSA) is 100 Å². The number of methoxy groups -OCH3 is 2. The van der Waals surface area contributed by atoms with Gasteiger partial charge in [0.2, 0.25) is 0 Å². The highest BCUT2D eigenvalue weighted by Gasteiger charge is 2.83. The quantitative estimate of drug-likeness (QED) is 0.684. The molecule has 4 saturated carbocycles. The fraction of sp³-hybridized carbons (Fsp3) is 0.789. The molecular formula is C19H22N2O4S. The summed E-state index contributed by atoms with van der Waals surface area (Å²) >= 11 is 1.48. The second kappa shape index (κ2) is 5.63. The zero-order valence-electron chi connectivity index (χ0n) is 15.0. The number of rotatable bonds is 2. The second-order valence-corrected chi connectivity index (χ2v) is 9.50. The van der Waals surface area contributed by atoms with Crippen LogP contribution in [0.1, 0.15) is 32.1 Å². The standard InChI is InChI=1S/C19H22N2O4S/c1-24-15(22)17(8-20)10-26-19(18(17,9-21)16(23)25-2)13-4-11-3-12(6-13)7-14(19)5-11/h11-14H,3-7,10H2,1-2H3/t11?,12?,13?,14?,17-,18-,19?/m1/s1. The van der Waals surface area contributed by atoms with Crippen LogP contribution in [0.4, 0.5) is 0 Å². The molecule has 1 heterocycles. The normalized spacial score (nSPS) is 48.0. The van der Waals surface area contributed by atoms with Crippen molar-refractivity contribution in [2.24, 2.45) is 34.5 Å². The first-order valence-electron chi connectivity index (χ1n) is 9.09. The number of carbonyl (C=O) groups is 2. The van der Waals surface area contributed by atoms with Crippen LogP contribution in [-0.2, 0) is 19.1 Å². The minimum atomic E-state index is -1.83. The lowest BCUT2D eigenvalue weighted by Gasteiger charge is -2.63. The average molecular weight is 374 g/mol. The van der Waals surface area contributed by atoms with Crippen molar-refractivity contribution in [2.75, 3.05) is 20.0 Å². The molecule has 1 saturated heterocycles. The summed E-state index contributed by atoms with van der Waals surface area (Å²) in [7, 11) is 2.43. The molecule has 0 amide bonds. The van der Waals surface area contributed by atoms with E-state index in [9.17, 15) is 20.1 Å². The van der Waals surface area contributed by atoms with Crippen molar-refractivity contribution in [1.29, 1.82) is 10.5 Å². The molecule has 0 aromatic carbocycles. The van der Waals surface area contributed by atoms with E-state index in [0.717, 1.165) is 25.7 Å². The third kappa shape index (κ3) is 1.69. The molecule has 4 bridgehead atoms. The fourth-order valence-corrected chi connectivity index (χ4v) is 9.00. The molecule has 5 rings (SSSR count). The number of nitrogens with zero attached hydrogens (tertiary/aromatic N) is 2. The summed E-state index contributed by atoms with van der Waals surface area (Å²) in [6.45, 7) is 0. The van der Waals surface area contributed by atoms with Crippen LogP contribution < -0.4 is 0 Å². The summed E-state index contributed by atoms with van der Waals surface area (Å²) in [5.41, 5.74) is -3.66. The Morgan fingerprint density at radius 3 is 1.88 bits per heavy atom. The molecule has 1 spiro atoms. The summed E-state index contributed by atoms with van der Waals surface area (Å²) in [4.78, 5) is 25.9.